The molecule has 2 aromatic carbocycles. The summed E-state index contributed by atoms with van der Waals surface area (Å²) in [6.45, 7) is 6.08. The molecule has 0 saturated heterocycles. The zero-order chi connectivity index (χ0) is 14.6. The van der Waals surface area contributed by atoms with Gasteiger partial charge in [0.25, 0.3) is 0 Å². The van der Waals surface area contributed by atoms with E-state index in [-0.39, 0.29) is 0 Å². The molecule has 102 valence electrons. The van der Waals surface area contributed by atoms with Gasteiger partial charge in [-0.15, -0.1) is 31.8 Å². The van der Waals surface area contributed by atoms with Crippen LogP contribution in [0.1, 0.15) is 18.1 Å². The molecular weight excluding hydrogens is 280 g/mol. The van der Waals surface area contributed by atoms with E-state index in [1.807, 2.05) is 55.5 Å². The van der Waals surface area contributed by atoms with Crippen LogP contribution in [0.4, 0.5) is 0 Å². The molecular formula is C18H18S2. The molecule has 0 aromatic heterocycles. The second-order valence-electron chi connectivity index (χ2n) is 4.61. The number of allylic oxidation sites excluding steroid dienone is 3. The molecule has 0 nitrogen and oxygen atoms in total. The lowest BCUT2D eigenvalue weighted by Crippen LogP contribution is -2.23. The lowest BCUT2D eigenvalue weighted by atomic mass is 9.74. The Labute approximate surface area is 132 Å². The summed E-state index contributed by atoms with van der Waals surface area (Å²) in [6.07, 6.45) is 6.14. The fraction of sp³-hybridized carbons (Fsp3) is 0.111. The van der Waals surface area contributed by atoms with Gasteiger partial charge in [-0.05, 0) is 30.2 Å². The Hall–Kier alpha value is -1.38. The second kappa shape index (κ2) is 6.38. The van der Waals surface area contributed by atoms with E-state index in [2.05, 4.69) is 50.0 Å². The molecule has 0 atom stereocenters. The Bertz CT molecular complexity index is 596. The summed E-state index contributed by atoms with van der Waals surface area (Å²) in [6, 6.07) is 16.2. The second-order valence-corrected chi connectivity index (χ2v) is 5.57. The van der Waals surface area contributed by atoms with Crippen molar-refractivity contribution in [1.82, 2.24) is 0 Å². The first kappa shape index (κ1) is 15.0. The van der Waals surface area contributed by atoms with Crippen molar-refractivity contribution in [3.05, 3.63) is 84.5 Å². The third-order valence-electron chi connectivity index (χ3n) is 3.45. The molecule has 2 aromatic rings. The lowest BCUT2D eigenvalue weighted by molar-refractivity contribution is 0.775. The highest BCUT2D eigenvalue weighted by Crippen LogP contribution is 2.40. The smallest absolute Gasteiger partial charge is 0.0581 e. The summed E-state index contributed by atoms with van der Waals surface area (Å²) in [5.74, 6) is 0. The minimum Gasteiger partial charge on any atom is -0.143 e. The van der Waals surface area contributed by atoms with Gasteiger partial charge in [0.2, 0.25) is 0 Å². The van der Waals surface area contributed by atoms with Gasteiger partial charge in [-0.2, -0.15) is 0 Å². The molecule has 0 heterocycles. The molecule has 0 aliphatic rings. The molecule has 0 fully saturated rings. The van der Waals surface area contributed by atoms with E-state index in [9.17, 15) is 0 Å². The third-order valence-corrected chi connectivity index (χ3v) is 4.23. The highest BCUT2D eigenvalue weighted by molar-refractivity contribution is 7.80. The molecule has 0 bridgehead atoms. The molecule has 0 aliphatic carbocycles. The summed E-state index contributed by atoms with van der Waals surface area (Å²) in [4.78, 5) is 1.89. The normalized spacial score (nSPS) is 11.8. The average Bonchev–Trinajstić information content (AvgIpc) is 2.46. The number of hydrogen-bond donors (Lipinski definition) is 2. The molecule has 0 amide bonds. The van der Waals surface area contributed by atoms with Gasteiger partial charge in [-0.25, -0.2) is 0 Å². The zero-order valence-electron chi connectivity index (χ0n) is 11.5. The predicted molar refractivity (Wildman–Crippen MR) is 93.2 cm³/mol. The number of hydrogen-bond acceptors (Lipinski definition) is 2. The minimum absolute atomic E-state index is 0.411. The first-order valence-corrected chi connectivity index (χ1v) is 7.39. The zero-order valence-corrected chi connectivity index (χ0v) is 13.2. The van der Waals surface area contributed by atoms with E-state index in [4.69, 9.17) is 0 Å². The fourth-order valence-electron chi connectivity index (χ4n) is 2.52. The van der Waals surface area contributed by atoms with Crippen molar-refractivity contribution >= 4 is 25.3 Å². The van der Waals surface area contributed by atoms with E-state index in [0.717, 1.165) is 20.9 Å². The van der Waals surface area contributed by atoms with Crippen molar-refractivity contribution in [3.8, 4) is 0 Å². The van der Waals surface area contributed by atoms with Crippen LogP contribution in [0, 0.1) is 0 Å². The van der Waals surface area contributed by atoms with Crippen molar-refractivity contribution in [3.63, 3.8) is 0 Å². The molecule has 2 rings (SSSR count). The van der Waals surface area contributed by atoms with Crippen LogP contribution in [0.15, 0.2) is 83.1 Å². The van der Waals surface area contributed by atoms with Crippen molar-refractivity contribution in [2.75, 3.05) is 0 Å². The Morgan fingerprint density at radius 2 is 1.35 bits per heavy atom. The van der Waals surface area contributed by atoms with Crippen molar-refractivity contribution in [1.29, 1.82) is 0 Å². The average molecular weight is 298 g/mol. The highest BCUT2D eigenvalue weighted by atomic mass is 32.1. The Morgan fingerprint density at radius 1 is 0.900 bits per heavy atom. The molecule has 0 unspecified atom stereocenters. The van der Waals surface area contributed by atoms with E-state index in [0.29, 0.717) is 0 Å². The molecule has 0 aliphatic heterocycles. The number of benzene rings is 2. The first-order valence-electron chi connectivity index (χ1n) is 6.50. The van der Waals surface area contributed by atoms with E-state index < -0.39 is 5.41 Å². The van der Waals surface area contributed by atoms with Crippen LogP contribution in [0.5, 0.6) is 0 Å². The maximum atomic E-state index is 4.62. The monoisotopic (exact) mass is 298 g/mol. The van der Waals surface area contributed by atoms with Crippen LogP contribution in [0.3, 0.4) is 0 Å². The number of thiol groups is 2. The van der Waals surface area contributed by atoms with Gasteiger partial charge in [0.1, 0.15) is 0 Å². The molecule has 0 spiro atoms. The van der Waals surface area contributed by atoms with Crippen molar-refractivity contribution in [2.45, 2.75) is 22.1 Å². The summed E-state index contributed by atoms with van der Waals surface area (Å²) in [5.41, 5.74) is 1.81. The van der Waals surface area contributed by atoms with Crippen LogP contribution in [-0.4, -0.2) is 0 Å². The summed E-state index contributed by atoms with van der Waals surface area (Å²) in [5, 5.41) is 0. The summed E-state index contributed by atoms with van der Waals surface area (Å²) in [7, 11) is 0. The minimum atomic E-state index is -0.411. The maximum absolute atomic E-state index is 4.62. The van der Waals surface area contributed by atoms with E-state index >= 15 is 0 Å². The Morgan fingerprint density at radius 3 is 1.70 bits per heavy atom. The van der Waals surface area contributed by atoms with Gasteiger partial charge >= 0.3 is 0 Å². The molecule has 0 radical (unpaired) electrons. The number of rotatable bonds is 4. The van der Waals surface area contributed by atoms with Crippen LogP contribution in [0.2, 0.25) is 0 Å². The van der Waals surface area contributed by atoms with Gasteiger partial charge in [-0.3, -0.25) is 0 Å². The summed E-state index contributed by atoms with van der Waals surface area (Å²) < 4.78 is 0. The van der Waals surface area contributed by atoms with Gasteiger partial charge < -0.3 is 0 Å². The topological polar surface area (TPSA) is 0 Å². The predicted octanol–water partition coefficient (Wildman–Crippen LogP) is 5.31. The standard InChI is InChI=1S/C18H18S2/c1-3-13-18(4-2,14-9-5-7-11-16(14)19)15-10-6-8-12-17(15)20/h3-13,19-20H,2H2,1H3/b13-3+. The summed E-state index contributed by atoms with van der Waals surface area (Å²) >= 11 is 9.23. The van der Waals surface area contributed by atoms with Crippen LogP contribution in [-0.2, 0) is 5.41 Å². The highest BCUT2D eigenvalue weighted by Gasteiger charge is 2.31. The Kier molecular flexibility index (Phi) is 4.79. The van der Waals surface area contributed by atoms with E-state index in [1.54, 1.807) is 0 Å². The van der Waals surface area contributed by atoms with Crippen LogP contribution < -0.4 is 0 Å². The van der Waals surface area contributed by atoms with Crippen molar-refractivity contribution < 1.29 is 0 Å². The Balaban J connectivity index is 2.79. The van der Waals surface area contributed by atoms with E-state index in [1.165, 1.54) is 0 Å². The van der Waals surface area contributed by atoms with Gasteiger partial charge in [0.15, 0.2) is 0 Å². The fourth-order valence-corrected chi connectivity index (χ4v) is 3.21. The molecule has 2 heteroatoms. The maximum Gasteiger partial charge on any atom is 0.0581 e. The van der Waals surface area contributed by atoms with Gasteiger partial charge in [-0.1, -0.05) is 54.6 Å². The van der Waals surface area contributed by atoms with Gasteiger partial charge in [0.05, 0.1) is 5.41 Å². The molecule has 20 heavy (non-hydrogen) atoms. The third kappa shape index (κ3) is 2.58. The van der Waals surface area contributed by atoms with Gasteiger partial charge in [0, 0.05) is 9.79 Å². The molecule has 0 N–H and O–H groups in total. The molecule has 0 saturated carbocycles. The quantitative estimate of drug-likeness (QED) is 0.554. The lowest BCUT2D eigenvalue weighted by Gasteiger charge is -2.31. The van der Waals surface area contributed by atoms with Crippen LogP contribution in [0.25, 0.3) is 0 Å². The first-order chi connectivity index (χ1) is 9.65. The largest absolute Gasteiger partial charge is 0.143 e. The van der Waals surface area contributed by atoms with Crippen LogP contribution >= 0.6 is 25.3 Å². The SMILES string of the molecule is C=CC(/C=C/C)(c1ccccc1S)c1ccccc1S. The van der Waals surface area contributed by atoms with Crippen molar-refractivity contribution in [2.24, 2.45) is 0 Å².